The number of halogens is 1. The van der Waals surface area contributed by atoms with Gasteiger partial charge in [-0.05, 0) is 37.6 Å². The Kier molecular flexibility index (Phi) is 7.22. The van der Waals surface area contributed by atoms with E-state index in [0.717, 1.165) is 9.18 Å². The number of ether oxygens (including phenoxy) is 1. The highest BCUT2D eigenvalue weighted by molar-refractivity contribution is 7.89. The van der Waals surface area contributed by atoms with Crippen LogP contribution in [0.4, 0.5) is 5.00 Å². The van der Waals surface area contributed by atoms with Crippen LogP contribution in [0, 0.1) is 0 Å². The molecule has 7 nitrogen and oxygen atoms in total. The van der Waals surface area contributed by atoms with Crippen LogP contribution in [0.25, 0.3) is 0 Å². The van der Waals surface area contributed by atoms with Crippen LogP contribution in [0.15, 0.2) is 29.2 Å². The average Bonchev–Trinajstić information content (AvgIpc) is 3.04. The molecule has 0 aliphatic carbocycles. The number of anilines is 1. The molecule has 0 fully saturated rings. The molecule has 1 aromatic carbocycles. The second kappa shape index (κ2) is 9.04. The molecule has 0 atom stereocenters. The Morgan fingerprint density at radius 3 is 2.43 bits per heavy atom. The van der Waals surface area contributed by atoms with Gasteiger partial charge in [0.2, 0.25) is 10.0 Å². The molecule has 1 heterocycles. The summed E-state index contributed by atoms with van der Waals surface area (Å²) in [5.74, 6) is -1.15. The number of benzene rings is 1. The van der Waals surface area contributed by atoms with Gasteiger partial charge in [0.05, 0.1) is 27.7 Å². The Morgan fingerprint density at radius 2 is 1.86 bits per heavy atom. The second-order valence-electron chi connectivity index (χ2n) is 5.91. The molecule has 0 spiro atoms. The highest BCUT2D eigenvalue weighted by Gasteiger charge is 2.23. The topological polar surface area (TPSA) is 92.8 Å². The van der Waals surface area contributed by atoms with Gasteiger partial charge in [0.15, 0.2) is 0 Å². The predicted molar refractivity (Wildman–Crippen MR) is 110 cm³/mol. The summed E-state index contributed by atoms with van der Waals surface area (Å²) in [5, 5.41) is 3.08. The summed E-state index contributed by atoms with van der Waals surface area (Å²) in [4.78, 5) is 25.8. The molecule has 1 N–H and O–H groups in total. The van der Waals surface area contributed by atoms with Crippen molar-refractivity contribution in [2.45, 2.75) is 25.2 Å². The largest absolute Gasteiger partial charge is 0.462 e. The fraction of sp³-hybridized carbons (Fsp3) is 0.333. The Labute approximate surface area is 173 Å². The van der Waals surface area contributed by atoms with E-state index in [1.165, 1.54) is 43.6 Å². The Morgan fingerprint density at radius 1 is 1.18 bits per heavy atom. The van der Waals surface area contributed by atoms with E-state index in [4.69, 9.17) is 16.3 Å². The van der Waals surface area contributed by atoms with Gasteiger partial charge in [0.1, 0.15) is 5.00 Å². The van der Waals surface area contributed by atoms with Gasteiger partial charge in [0.25, 0.3) is 5.91 Å². The lowest BCUT2D eigenvalue weighted by atomic mass is 10.2. The molecule has 0 aliphatic heterocycles. The Bertz CT molecular complexity index is 999. The number of rotatable bonds is 7. The standard InChI is InChI=1S/C18H21ClN2O5S2/c1-5-11-9-14(18(23)26-6-2)17(27-11)20-16(22)13-10-12(7-8-15(13)19)28(24,25)21(3)4/h7-10H,5-6H2,1-4H3,(H,20,22). The minimum absolute atomic E-state index is 0.00847. The van der Waals surface area contributed by atoms with Gasteiger partial charge in [-0.3, -0.25) is 4.79 Å². The van der Waals surface area contributed by atoms with E-state index in [2.05, 4.69) is 5.32 Å². The maximum absolute atomic E-state index is 12.8. The van der Waals surface area contributed by atoms with Crippen molar-refractivity contribution in [3.05, 3.63) is 45.3 Å². The second-order valence-corrected chi connectivity index (χ2v) is 9.61. The van der Waals surface area contributed by atoms with Crippen LogP contribution in [-0.4, -0.2) is 45.3 Å². The van der Waals surface area contributed by atoms with E-state index in [-0.39, 0.29) is 27.7 Å². The first-order chi connectivity index (χ1) is 13.1. The molecule has 0 aliphatic rings. The number of hydrogen-bond acceptors (Lipinski definition) is 6. The summed E-state index contributed by atoms with van der Waals surface area (Å²) < 4.78 is 30.7. The summed E-state index contributed by atoms with van der Waals surface area (Å²) in [6, 6.07) is 5.57. The van der Waals surface area contributed by atoms with Crippen LogP contribution >= 0.6 is 22.9 Å². The smallest absolute Gasteiger partial charge is 0.341 e. The molecule has 0 bridgehead atoms. The number of aryl methyl sites for hydroxylation is 1. The van der Waals surface area contributed by atoms with Crippen LogP contribution < -0.4 is 5.32 Å². The number of carbonyl (C=O) groups excluding carboxylic acids is 2. The van der Waals surface area contributed by atoms with Crippen molar-refractivity contribution in [3.8, 4) is 0 Å². The molecule has 0 saturated heterocycles. The SMILES string of the molecule is CCOC(=O)c1cc(CC)sc1NC(=O)c1cc(S(=O)(=O)N(C)C)ccc1Cl. The molecule has 152 valence electrons. The molecule has 0 unspecified atom stereocenters. The third-order valence-corrected chi connectivity index (χ3v) is 7.15. The molecule has 2 rings (SSSR count). The summed E-state index contributed by atoms with van der Waals surface area (Å²) >= 11 is 7.37. The third kappa shape index (κ3) is 4.72. The average molecular weight is 445 g/mol. The zero-order chi connectivity index (χ0) is 21.1. The number of esters is 1. The monoisotopic (exact) mass is 444 g/mol. The summed E-state index contributed by atoms with van der Waals surface area (Å²) in [6.45, 7) is 3.83. The van der Waals surface area contributed by atoms with Gasteiger partial charge in [-0.1, -0.05) is 18.5 Å². The van der Waals surface area contributed by atoms with Crippen LogP contribution in [-0.2, 0) is 21.2 Å². The van der Waals surface area contributed by atoms with Crippen LogP contribution in [0.2, 0.25) is 5.02 Å². The highest BCUT2D eigenvalue weighted by Crippen LogP contribution is 2.31. The quantitative estimate of drug-likeness (QED) is 0.658. The number of carbonyl (C=O) groups is 2. The van der Waals surface area contributed by atoms with Crippen molar-refractivity contribution in [3.63, 3.8) is 0 Å². The Hall–Kier alpha value is -1.94. The maximum atomic E-state index is 12.8. The number of sulfonamides is 1. The van der Waals surface area contributed by atoms with Gasteiger partial charge < -0.3 is 10.1 Å². The van der Waals surface area contributed by atoms with Crippen LogP contribution in [0.5, 0.6) is 0 Å². The van der Waals surface area contributed by atoms with Gasteiger partial charge in [-0.2, -0.15) is 0 Å². The van der Waals surface area contributed by atoms with E-state index in [0.29, 0.717) is 11.4 Å². The lowest BCUT2D eigenvalue weighted by Crippen LogP contribution is -2.23. The number of thiophene rings is 1. The lowest BCUT2D eigenvalue weighted by Gasteiger charge is -2.13. The predicted octanol–water partition coefficient (Wildman–Crippen LogP) is 3.64. The van der Waals surface area contributed by atoms with Crippen molar-refractivity contribution in [2.24, 2.45) is 0 Å². The van der Waals surface area contributed by atoms with Crippen molar-refractivity contribution < 1.29 is 22.7 Å². The van der Waals surface area contributed by atoms with Gasteiger partial charge in [-0.15, -0.1) is 11.3 Å². The van der Waals surface area contributed by atoms with Crippen molar-refractivity contribution in [2.75, 3.05) is 26.0 Å². The van der Waals surface area contributed by atoms with E-state index < -0.39 is 21.9 Å². The maximum Gasteiger partial charge on any atom is 0.341 e. The summed E-state index contributed by atoms with van der Waals surface area (Å²) in [5.41, 5.74) is 0.246. The fourth-order valence-corrected chi connectivity index (χ4v) is 4.40. The number of nitrogens with zero attached hydrogens (tertiary/aromatic N) is 1. The Balaban J connectivity index is 2.41. The van der Waals surface area contributed by atoms with E-state index in [9.17, 15) is 18.0 Å². The van der Waals surface area contributed by atoms with E-state index >= 15 is 0 Å². The molecule has 0 saturated carbocycles. The molecule has 28 heavy (non-hydrogen) atoms. The molecular weight excluding hydrogens is 424 g/mol. The van der Waals surface area contributed by atoms with E-state index in [1.807, 2.05) is 6.92 Å². The molecule has 1 amide bonds. The third-order valence-electron chi connectivity index (χ3n) is 3.82. The first-order valence-electron chi connectivity index (χ1n) is 8.45. The van der Waals surface area contributed by atoms with Crippen molar-refractivity contribution in [1.82, 2.24) is 4.31 Å². The molecule has 10 heteroatoms. The summed E-state index contributed by atoms with van der Waals surface area (Å²) in [7, 11) is -0.936. The first kappa shape index (κ1) is 22.4. The normalized spacial score (nSPS) is 11.5. The zero-order valence-electron chi connectivity index (χ0n) is 15.9. The lowest BCUT2D eigenvalue weighted by molar-refractivity contribution is 0.0528. The minimum Gasteiger partial charge on any atom is -0.462 e. The molecule has 2 aromatic rings. The van der Waals surface area contributed by atoms with Gasteiger partial charge in [0, 0.05) is 19.0 Å². The zero-order valence-corrected chi connectivity index (χ0v) is 18.3. The highest BCUT2D eigenvalue weighted by atomic mass is 35.5. The summed E-state index contributed by atoms with van der Waals surface area (Å²) in [6.07, 6.45) is 0.685. The van der Waals surface area contributed by atoms with E-state index in [1.54, 1.807) is 13.0 Å². The number of hydrogen-bond donors (Lipinski definition) is 1. The van der Waals surface area contributed by atoms with Crippen molar-refractivity contribution >= 4 is 49.8 Å². The molecule has 0 radical (unpaired) electrons. The van der Waals surface area contributed by atoms with Crippen LogP contribution in [0.3, 0.4) is 0 Å². The fourth-order valence-electron chi connectivity index (χ4n) is 2.29. The molecule has 1 aromatic heterocycles. The first-order valence-corrected chi connectivity index (χ1v) is 11.1. The van der Waals surface area contributed by atoms with Gasteiger partial charge >= 0.3 is 5.97 Å². The van der Waals surface area contributed by atoms with Crippen LogP contribution in [0.1, 0.15) is 39.4 Å². The minimum atomic E-state index is -3.73. The van der Waals surface area contributed by atoms with Crippen molar-refractivity contribution in [1.29, 1.82) is 0 Å². The number of nitrogens with one attached hydrogen (secondary N) is 1. The molecular formula is C18H21ClN2O5S2. The number of amides is 1. The van der Waals surface area contributed by atoms with Gasteiger partial charge in [-0.25, -0.2) is 17.5 Å².